The van der Waals surface area contributed by atoms with Crippen LogP contribution in [0.25, 0.3) is 0 Å². The van der Waals surface area contributed by atoms with E-state index >= 15 is 0 Å². The van der Waals surface area contributed by atoms with Crippen molar-refractivity contribution in [1.82, 2.24) is 10.2 Å². The lowest BCUT2D eigenvalue weighted by Crippen LogP contribution is -2.42. The topological polar surface area (TPSA) is 75.4 Å². The maximum atomic E-state index is 12.8. The Morgan fingerprint density at radius 3 is 0.911 bits per heavy atom. The van der Waals surface area contributed by atoms with Crippen molar-refractivity contribution in [1.29, 1.82) is 0 Å². The van der Waals surface area contributed by atoms with Gasteiger partial charge in [0.15, 0.2) is 0 Å². The highest BCUT2D eigenvalue weighted by Gasteiger charge is 2.13. The average Bonchev–Trinajstić information content (AvgIpc) is 3.05. The van der Waals surface area contributed by atoms with Crippen molar-refractivity contribution >= 4 is 11.8 Å². The largest absolute Gasteiger partial charge is 0.346 e. The van der Waals surface area contributed by atoms with E-state index in [0.717, 1.165) is 25.9 Å². The molecule has 0 radical (unpaired) electrons. The summed E-state index contributed by atoms with van der Waals surface area (Å²) in [6.07, 6.45) is 43.4. The van der Waals surface area contributed by atoms with Gasteiger partial charge in [-0.1, -0.05) is 206 Å². The van der Waals surface area contributed by atoms with Crippen LogP contribution in [0.15, 0.2) is 0 Å². The number of carbonyl (C=O) groups excluding carboxylic acids is 2. The molecular formula is C40H81N3O2. The van der Waals surface area contributed by atoms with E-state index in [4.69, 9.17) is 5.73 Å². The fourth-order valence-corrected chi connectivity index (χ4v) is 6.42. The van der Waals surface area contributed by atoms with E-state index in [1.165, 1.54) is 193 Å². The number of amides is 2. The summed E-state index contributed by atoms with van der Waals surface area (Å²) in [5.74, 6) is -0.216. The highest BCUT2D eigenvalue weighted by Crippen LogP contribution is 2.16. The van der Waals surface area contributed by atoms with E-state index in [2.05, 4.69) is 19.2 Å². The minimum Gasteiger partial charge on any atom is -0.346 e. The quantitative estimate of drug-likeness (QED) is 0.0667. The van der Waals surface area contributed by atoms with Crippen molar-refractivity contribution in [2.24, 2.45) is 5.73 Å². The minimum absolute atomic E-state index is 0.0405. The molecule has 5 nitrogen and oxygen atoms in total. The number of nitrogens with two attached hydrogens (primary N) is 1. The first-order valence-corrected chi connectivity index (χ1v) is 20.4. The van der Waals surface area contributed by atoms with Gasteiger partial charge in [0.05, 0.1) is 13.1 Å². The van der Waals surface area contributed by atoms with Crippen LogP contribution in [-0.4, -0.2) is 42.9 Å². The van der Waals surface area contributed by atoms with Crippen LogP contribution in [-0.2, 0) is 9.59 Å². The summed E-state index contributed by atoms with van der Waals surface area (Å²) < 4.78 is 0. The lowest BCUT2D eigenvalue weighted by atomic mass is 10.0. The molecule has 0 rings (SSSR count). The summed E-state index contributed by atoms with van der Waals surface area (Å²) in [7, 11) is 0. The molecule has 0 aliphatic rings. The molecule has 0 spiro atoms. The van der Waals surface area contributed by atoms with Gasteiger partial charge in [0.2, 0.25) is 11.8 Å². The second-order valence-corrected chi connectivity index (χ2v) is 14.0. The number of unbranched alkanes of at least 4 members (excludes halogenated alkanes) is 30. The molecule has 0 heterocycles. The van der Waals surface area contributed by atoms with Crippen LogP contribution in [0.3, 0.4) is 0 Å². The predicted octanol–water partition coefficient (Wildman–Crippen LogP) is 11.4. The number of hydrogen-bond donors (Lipinski definition) is 2. The van der Waals surface area contributed by atoms with Crippen molar-refractivity contribution in [3.63, 3.8) is 0 Å². The second kappa shape index (κ2) is 37.4. The normalized spacial score (nSPS) is 11.3. The summed E-state index contributed by atoms with van der Waals surface area (Å²) in [4.78, 5) is 26.4. The van der Waals surface area contributed by atoms with Gasteiger partial charge in [-0.2, -0.15) is 0 Å². The molecule has 0 aromatic carbocycles. The molecule has 45 heavy (non-hydrogen) atoms. The minimum atomic E-state index is -0.256. The van der Waals surface area contributed by atoms with Gasteiger partial charge >= 0.3 is 0 Å². The van der Waals surface area contributed by atoms with Crippen molar-refractivity contribution in [3.05, 3.63) is 0 Å². The fourth-order valence-electron chi connectivity index (χ4n) is 6.42. The lowest BCUT2D eigenvalue weighted by molar-refractivity contribution is -0.132. The average molecular weight is 636 g/mol. The molecule has 0 aliphatic heterocycles. The van der Waals surface area contributed by atoms with Crippen molar-refractivity contribution < 1.29 is 9.59 Å². The first-order chi connectivity index (χ1) is 22.2. The molecule has 0 bridgehead atoms. The standard InChI is InChI=1S/C40H81N3O2/c1-3-5-7-9-11-13-15-17-19-21-23-25-27-29-31-33-35-43(40(45)38-42-39(44)37-41)36-34-32-30-28-26-24-22-20-18-16-14-12-10-8-6-4-2/h3-38,41H2,1-2H3,(H,42,44). The molecule has 0 unspecified atom stereocenters. The van der Waals surface area contributed by atoms with Crippen LogP contribution in [0.4, 0.5) is 0 Å². The van der Waals surface area contributed by atoms with Gasteiger partial charge < -0.3 is 16.0 Å². The molecule has 0 saturated carbocycles. The third-order valence-corrected chi connectivity index (χ3v) is 9.54. The lowest BCUT2D eigenvalue weighted by Gasteiger charge is -2.23. The van der Waals surface area contributed by atoms with Crippen molar-refractivity contribution in [3.8, 4) is 0 Å². The van der Waals surface area contributed by atoms with Gasteiger partial charge in [-0.15, -0.1) is 0 Å². The maximum absolute atomic E-state index is 12.8. The highest BCUT2D eigenvalue weighted by molar-refractivity contribution is 5.85. The van der Waals surface area contributed by atoms with Crippen molar-refractivity contribution in [2.75, 3.05) is 26.2 Å². The van der Waals surface area contributed by atoms with Gasteiger partial charge in [-0.3, -0.25) is 9.59 Å². The Hall–Kier alpha value is -1.10. The van der Waals surface area contributed by atoms with Crippen LogP contribution in [0.5, 0.6) is 0 Å². The molecule has 5 heteroatoms. The molecule has 2 amide bonds. The van der Waals surface area contributed by atoms with E-state index in [1.54, 1.807) is 0 Å². The Labute approximate surface area is 282 Å². The van der Waals surface area contributed by atoms with Gasteiger partial charge in [0, 0.05) is 13.1 Å². The molecule has 0 aliphatic carbocycles. The number of nitrogens with one attached hydrogen (secondary N) is 1. The summed E-state index contributed by atoms with van der Waals surface area (Å²) in [5, 5.41) is 2.67. The van der Waals surface area contributed by atoms with E-state index in [1.807, 2.05) is 4.90 Å². The maximum Gasteiger partial charge on any atom is 0.241 e. The SMILES string of the molecule is CCCCCCCCCCCCCCCCCCN(CCCCCCCCCCCCCCCCCC)C(=O)CNC(=O)CN. The summed E-state index contributed by atoms with van der Waals surface area (Å²) in [6, 6.07) is 0. The Bertz CT molecular complexity index is 576. The summed E-state index contributed by atoms with van der Waals surface area (Å²) in [6.45, 7) is 6.21. The number of rotatable bonds is 37. The van der Waals surface area contributed by atoms with Crippen LogP contribution < -0.4 is 11.1 Å². The highest BCUT2D eigenvalue weighted by atomic mass is 16.2. The van der Waals surface area contributed by atoms with Gasteiger partial charge in [0.25, 0.3) is 0 Å². The first kappa shape index (κ1) is 43.9. The third kappa shape index (κ3) is 34.1. The molecule has 3 N–H and O–H groups in total. The second-order valence-electron chi connectivity index (χ2n) is 14.0. The Kier molecular flexibility index (Phi) is 36.4. The summed E-state index contributed by atoms with van der Waals surface area (Å²) in [5.41, 5.74) is 5.40. The molecule has 0 saturated heterocycles. The van der Waals surface area contributed by atoms with E-state index < -0.39 is 0 Å². The van der Waals surface area contributed by atoms with E-state index in [0.29, 0.717) is 0 Å². The van der Waals surface area contributed by atoms with Gasteiger partial charge in [-0.25, -0.2) is 0 Å². The van der Waals surface area contributed by atoms with Crippen LogP contribution in [0, 0.1) is 0 Å². The third-order valence-electron chi connectivity index (χ3n) is 9.54. The smallest absolute Gasteiger partial charge is 0.241 e. The van der Waals surface area contributed by atoms with Crippen LogP contribution >= 0.6 is 0 Å². The fraction of sp³-hybridized carbons (Fsp3) is 0.950. The molecule has 0 aromatic rings. The molecule has 0 atom stereocenters. The number of carbonyl (C=O) groups is 2. The van der Waals surface area contributed by atoms with Gasteiger partial charge in [-0.05, 0) is 12.8 Å². The Morgan fingerprint density at radius 1 is 0.422 bits per heavy atom. The van der Waals surface area contributed by atoms with Crippen molar-refractivity contribution in [2.45, 2.75) is 219 Å². The zero-order valence-electron chi connectivity index (χ0n) is 30.8. The number of hydrogen-bond acceptors (Lipinski definition) is 3. The van der Waals surface area contributed by atoms with Crippen LogP contribution in [0.2, 0.25) is 0 Å². The van der Waals surface area contributed by atoms with E-state index in [9.17, 15) is 9.59 Å². The molecule has 268 valence electrons. The molecular weight excluding hydrogens is 554 g/mol. The predicted molar refractivity (Wildman–Crippen MR) is 198 cm³/mol. The summed E-state index contributed by atoms with van der Waals surface area (Å²) >= 11 is 0. The first-order valence-electron chi connectivity index (χ1n) is 20.4. The zero-order valence-corrected chi connectivity index (χ0v) is 30.8. The van der Waals surface area contributed by atoms with Gasteiger partial charge in [0.1, 0.15) is 0 Å². The molecule has 0 fully saturated rings. The number of nitrogens with zero attached hydrogens (tertiary/aromatic N) is 1. The molecule has 0 aromatic heterocycles. The Morgan fingerprint density at radius 2 is 0.667 bits per heavy atom. The monoisotopic (exact) mass is 636 g/mol. The zero-order chi connectivity index (χ0) is 32.9. The van der Waals surface area contributed by atoms with E-state index in [-0.39, 0.29) is 24.9 Å². The Balaban J connectivity index is 3.83. The van der Waals surface area contributed by atoms with Crippen LogP contribution in [0.1, 0.15) is 219 Å².